The van der Waals surface area contributed by atoms with E-state index in [4.69, 9.17) is 21.8 Å². The molecule has 0 bridgehead atoms. The summed E-state index contributed by atoms with van der Waals surface area (Å²) in [4.78, 5) is 14.8. The summed E-state index contributed by atoms with van der Waals surface area (Å²) in [6.45, 7) is 3.00. The molecule has 1 aliphatic rings. The van der Waals surface area contributed by atoms with Crippen molar-refractivity contribution in [3.05, 3.63) is 70.4 Å². The van der Waals surface area contributed by atoms with E-state index in [-0.39, 0.29) is 17.9 Å². The third kappa shape index (κ3) is 2.71. The Bertz CT molecular complexity index is 936. The summed E-state index contributed by atoms with van der Waals surface area (Å²) in [6, 6.07) is 15.6. The van der Waals surface area contributed by atoms with E-state index in [0.717, 1.165) is 16.5 Å². The number of furan rings is 1. The fourth-order valence-corrected chi connectivity index (χ4v) is 3.82. The lowest BCUT2D eigenvalue weighted by Gasteiger charge is -2.15. The number of para-hydroxylation sites is 1. The standard InChI is InChI=1S/C20H19ClN2O2/c1-12-14-8-5-9-16(21)19(14)25-18(12)20(24)23-10-15(17(22)11-23)13-6-3-2-4-7-13/h2-9,15,17H,10-11,22H2,1H3/t15-,17+/m0/s1. The first-order valence-corrected chi connectivity index (χ1v) is 8.71. The third-order valence-electron chi connectivity index (χ3n) is 4.99. The highest BCUT2D eigenvalue weighted by molar-refractivity contribution is 6.35. The Hall–Kier alpha value is -2.30. The van der Waals surface area contributed by atoms with Gasteiger partial charge < -0.3 is 15.1 Å². The normalized spacial score (nSPS) is 20.4. The van der Waals surface area contributed by atoms with Gasteiger partial charge in [0.05, 0.1) is 5.02 Å². The SMILES string of the molecule is Cc1c(C(=O)N2C[C@@H](N)[C@H](c3ccccc3)C2)oc2c(Cl)cccc12. The molecule has 1 aromatic heterocycles. The van der Waals surface area contributed by atoms with Gasteiger partial charge in [0.25, 0.3) is 5.91 Å². The Labute approximate surface area is 151 Å². The smallest absolute Gasteiger partial charge is 0.289 e. The predicted molar refractivity (Wildman–Crippen MR) is 99.0 cm³/mol. The van der Waals surface area contributed by atoms with Crippen LogP contribution in [0.3, 0.4) is 0 Å². The number of nitrogens with two attached hydrogens (primary N) is 1. The van der Waals surface area contributed by atoms with Crippen LogP contribution >= 0.6 is 11.6 Å². The van der Waals surface area contributed by atoms with E-state index in [1.54, 1.807) is 11.0 Å². The van der Waals surface area contributed by atoms with E-state index < -0.39 is 0 Å². The summed E-state index contributed by atoms with van der Waals surface area (Å²) in [6.07, 6.45) is 0. The minimum atomic E-state index is -0.126. The number of rotatable bonds is 2. The zero-order chi connectivity index (χ0) is 17.6. The van der Waals surface area contributed by atoms with Crippen molar-refractivity contribution in [1.82, 2.24) is 4.90 Å². The molecule has 4 rings (SSSR count). The number of benzene rings is 2. The number of carbonyl (C=O) groups is 1. The van der Waals surface area contributed by atoms with Crippen LogP contribution in [0.2, 0.25) is 5.02 Å². The van der Waals surface area contributed by atoms with Crippen LogP contribution in [-0.4, -0.2) is 29.9 Å². The second kappa shape index (κ2) is 6.21. The number of carbonyl (C=O) groups excluding carboxylic acids is 1. The van der Waals surface area contributed by atoms with E-state index in [2.05, 4.69) is 12.1 Å². The molecule has 128 valence electrons. The molecule has 25 heavy (non-hydrogen) atoms. The lowest BCUT2D eigenvalue weighted by Crippen LogP contribution is -2.32. The molecule has 4 nitrogen and oxygen atoms in total. The summed E-state index contributed by atoms with van der Waals surface area (Å²) in [5.41, 5.74) is 8.85. The number of nitrogens with zero attached hydrogens (tertiary/aromatic N) is 1. The highest BCUT2D eigenvalue weighted by Gasteiger charge is 2.36. The number of halogens is 1. The summed E-state index contributed by atoms with van der Waals surface area (Å²) in [5, 5.41) is 1.39. The number of amides is 1. The minimum Gasteiger partial charge on any atom is -0.449 e. The van der Waals surface area contributed by atoms with Gasteiger partial charge in [0, 0.05) is 36.0 Å². The molecule has 2 atom stereocenters. The van der Waals surface area contributed by atoms with Crippen molar-refractivity contribution in [3.63, 3.8) is 0 Å². The van der Waals surface area contributed by atoms with Crippen molar-refractivity contribution >= 4 is 28.5 Å². The van der Waals surface area contributed by atoms with Gasteiger partial charge in [-0.05, 0) is 18.6 Å². The molecule has 1 aliphatic heterocycles. The lowest BCUT2D eigenvalue weighted by atomic mass is 9.95. The Balaban J connectivity index is 1.64. The van der Waals surface area contributed by atoms with Crippen molar-refractivity contribution in [2.45, 2.75) is 18.9 Å². The monoisotopic (exact) mass is 354 g/mol. The van der Waals surface area contributed by atoms with E-state index in [1.165, 1.54) is 0 Å². The molecule has 2 aromatic carbocycles. The molecule has 3 aromatic rings. The van der Waals surface area contributed by atoms with Gasteiger partial charge in [0.1, 0.15) is 0 Å². The number of fused-ring (bicyclic) bond motifs is 1. The van der Waals surface area contributed by atoms with E-state index in [9.17, 15) is 4.79 Å². The molecular weight excluding hydrogens is 336 g/mol. The molecule has 2 N–H and O–H groups in total. The van der Waals surface area contributed by atoms with Crippen LogP contribution < -0.4 is 5.73 Å². The quantitative estimate of drug-likeness (QED) is 0.757. The fourth-order valence-electron chi connectivity index (χ4n) is 3.60. The van der Waals surface area contributed by atoms with Crippen LogP contribution in [-0.2, 0) is 0 Å². The van der Waals surface area contributed by atoms with Crippen molar-refractivity contribution in [3.8, 4) is 0 Å². The van der Waals surface area contributed by atoms with Crippen molar-refractivity contribution in [1.29, 1.82) is 0 Å². The highest BCUT2D eigenvalue weighted by Crippen LogP contribution is 2.33. The lowest BCUT2D eigenvalue weighted by molar-refractivity contribution is 0.0759. The molecule has 5 heteroatoms. The molecule has 1 fully saturated rings. The average Bonchev–Trinajstić information content (AvgIpc) is 3.17. The van der Waals surface area contributed by atoms with Crippen molar-refractivity contribution < 1.29 is 9.21 Å². The first-order chi connectivity index (χ1) is 12.1. The van der Waals surface area contributed by atoms with Crippen LogP contribution in [0, 0.1) is 6.92 Å². The molecule has 0 saturated carbocycles. The van der Waals surface area contributed by atoms with E-state index in [0.29, 0.717) is 29.5 Å². The molecule has 1 saturated heterocycles. The predicted octanol–water partition coefficient (Wildman–Crippen LogP) is 3.96. The molecule has 0 unspecified atom stereocenters. The number of aryl methyl sites for hydroxylation is 1. The van der Waals surface area contributed by atoms with E-state index >= 15 is 0 Å². The highest BCUT2D eigenvalue weighted by atomic mass is 35.5. The Kier molecular flexibility index (Phi) is 4.02. The van der Waals surface area contributed by atoms with Gasteiger partial charge in [0.15, 0.2) is 11.3 Å². The second-order valence-corrected chi connectivity index (χ2v) is 6.97. The molecule has 1 amide bonds. The summed E-state index contributed by atoms with van der Waals surface area (Å²) >= 11 is 6.19. The van der Waals surface area contributed by atoms with Crippen LogP contribution in [0.4, 0.5) is 0 Å². The van der Waals surface area contributed by atoms with Crippen LogP contribution in [0.5, 0.6) is 0 Å². The Morgan fingerprint density at radius 3 is 2.64 bits per heavy atom. The molecular formula is C20H19ClN2O2. The summed E-state index contributed by atoms with van der Waals surface area (Å²) in [5.74, 6) is 0.362. The summed E-state index contributed by atoms with van der Waals surface area (Å²) < 4.78 is 5.82. The Morgan fingerprint density at radius 1 is 1.16 bits per heavy atom. The molecule has 0 aliphatic carbocycles. The second-order valence-electron chi connectivity index (χ2n) is 6.56. The first-order valence-electron chi connectivity index (χ1n) is 8.33. The maximum atomic E-state index is 13.0. The zero-order valence-electron chi connectivity index (χ0n) is 13.9. The van der Waals surface area contributed by atoms with Gasteiger partial charge in [-0.15, -0.1) is 0 Å². The summed E-state index contributed by atoms with van der Waals surface area (Å²) in [7, 11) is 0. The molecule has 0 radical (unpaired) electrons. The third-order valence-corrected chi connectivity index (χ3v) is 5.29. The minimum absolute atomic E-state index is 0.0837. The Morgan fingerprint density at radius 2 is 1.92 bits per heavy atom. The maximum Gasteiger partial charge on any atom is 0.289 e. The van der Waals surface area contributed by atoms with Gasteiger partial charge in [-0.2, -0.15) is 0 Å². The first kappa shape index (κ1) is 16.2. The van der Waals surface area contributed by atoms with Gasteiger partial charge in [0.2, 0.25) is 0 Å². The topological polar surface area (TPSA) is 59.5 Å². The van der Waals surface area contributed by atoms with Gasteiger partial charge >= 0.3 is 0 Å². The van der Waals surface area contributed by atoms with Crippen molar-refractivity contribution in [2.24, 2.45) is 5.73 Å². The van der Waals surface area contributed by atoms with E-state index in [1.807, 2.05) is 37.3 Å². The van der Waals surface area contributed by atoms with Gasteiger partial charge in [-0.1, -0.05) is 54.1 Å². The molecule has 0 spiro atoms. The largest absolute Gasteiger partial charge is 0.449 e. The number of hydrogen-bond acceptors (Lipinski definition) is 3. The van der Waals surface area contributed by atoms with Crippen LogP contribution in [0.1, 0.15) is 27.6 Å². The van der Waals surface area contributed by atoms with Crippen LogP contribution in [0.25, 0.3) is 11.0 Å². The van der Waals surface area contributed by atoms with Crippen LogP contribution in [0.15, 0.2) is 52.9 Å². The van der Waals surface area contributed by atoms with Gasteiger partial charge in [-0.3, -0.25) is 4.79 Å². The van der Waals surface area contributed by atoms with Crippen molar-refractivity contribution in [2.75, 3.05) is 13.1 Å². The maximum absolute atomic E-state index is 13.0. The number of hydrogen-bond donors (Lipinski definition) is 1. The fraction of sp³-hybridized carbons (Fsp3) is 0.250. The van der Waals surface area contributed by atoms with Gasteiger partial charge in [-0.25, -0.2) is 0 Å². The average molecular weight is 355 g/mol. The number of likely N-dealkylation sites (tertiary alicyclic amines) is 1. The molecule has 2 heterocycles. The zero-order valence-corrected chi connectivity index (χ0v) is 14.7.